The SMILES string of the molecule is CC1(C2CCC3C4CC=C5NC(=O)CC[C@]5(C)C4[C@@H](O)C[C@@]32C)OCCO1. The first-order valence-corrected chi connectivity index (χ1v) is 10.7. The zero-order valence-corrected chi connectivity index (χ0v) is 16.8. The fraction of sp³-hybridized carbons (Fsp3) is 0.864. The van der Waals surface area contributed by atoms with Gasteiger partial charge in [-0.15, -0.1) is 0 Å². The number of allylic oxidation sites excluding steroid dienone is 2. The van der Waals surface area contributed by atoms with Gasteiger partial charge >= 0.3 is 0 Å². The number of hydrogen-bond donors (Lipinski definition) is 2. The van der Waals surface area contributed by atoms with Crippen LogP contribution in [0, 0.1) is 34.5 Å². The number of carbonyl (C=O) groups excluding carboxylic acids is 1. The highest BCUT2D eigenvalue weighted by atomic mass is 16.7. The number of piperidine rings is 1. The second-order valence-corrected chi connectivity index (χ2v) is 10.2. The summed E-state index contributed by atoms with van der Waals surface area (Å²) in [6.07, 6.45) is 7.38. The van der Waals surface area contributed by atoms with Crippen LogP contribution in [0.15, 0.2) is 11.8 Å². The van der Waals surface area contributed by atoms with Crippen molar-refractivity contribution in [3.63, 3.8) is 0 Å². The van der Waals surface area contributed by atoms with Crippen LogP contribution in [0.5, 0.6) is 0 Å². The van der Waals surface area contributed by atoms with Crippen LogP contribution >= 0.6 is 0 Å². The minimum Gasteiger partial charge on any atom is -0.393 e. The highest BCUT2D eigenvalue weighted by Gasteiger charge is 2.65. The molecule has 150 valence electrons. The van der Waals surface area contributed by atoms with Gasteiger partial charge in [0.25, 0.3) is 0 Å². The molecule has 5 heteroatoms. The van der Waals surface area contributed by atoms with E-state index in [0.29, 0.717) is 37.4 Å². The fourth-order valence-corrected chi connectivity index (χ4v) is 7.92. The molecular weight excluding hydrogens is 342 g/mol. The van der Waals surface area contributed by atoms with E-state index in [9.17, 15) is 9.90 Å². The Kier molecular flexibility index (Phi) is 3.90. The van der Waals surface area contributed by atoms with Crippen LogP contribution in [0.1, 0.15) is 59.3 Å². The molecule has 2 N–H and O–H groups in total. The summed E-state index contributed by atoms with van der Waals surface area (Å²) in [5.74, 6) is 1.22. The number of fused-ring (bicyclic) bond motifs is 5. The standard InChI is InChI=1S/C22H33NO4/c1-20-9-8-18(25)23-17(20)7-4-13-14-5-6-16(22(3)26-10-11-27-22)21(14,2)12-15(24)19(13)20/h7,13-16,19,24H,4-6,8-12H2,1-3H3,(H,23,25)/t13?,14?,15-,16?,19?,20-,21-/m0/s1. The number of ether oxygens (including phenoxy) is 2. The van der Waals surface area contributed by atoms with Crippen LogP contribution in [0.2, 0.25) is 0 Å². The smallest absolute Gasteiger partial charge is 0.224 e. The molecule has 7 atom stereocenters. The van der Waals surface area contributed by atoms with Crippen LogP contribution in [-0.2, 0) is 14.3 Å². The van der Waals surface area contributed by atoms with Crippen molar-refractivity contribution in [3.05, 3.63) is 11.8 Å². The molecule has 0 aromatic carbocycles. The molecule has 2 saturated carbocycles. The molecule has 3 aliphatic carbocycles. The molecule has 0 spiro atoms. The van der Waals surface area contributed by atoms with Crippen molar-refractivity contribution in [2.24, 2.45) is 34.5 Å². The van der Waals surface area contributed by atoms with E-state index in [0.717, 1.165) is 31.4 Å². The third-order valence-corrected chi connectivity index (χ3v) is 9.04. The maximum atomic E-state index is 11.9. The number of hydrogen-bond acceptors (Lipinski definition) is 4. The lowest BCUT2D eigenvalue weighted by Gasteiger charge is -2.59. The number of carbonyl (C=O) groups is 1. The van der Waals surface area contributed by atoms with Crippen LogP contribution < -0.4 is 5.32 Å². The average molecular weight is 376 g/mol. The molecule has 0 bridgehead atoms. The summed E-state index contributed by atoms with van der Waals surface area (Å²) in [6, 6.07) is 0. The highest BCUT2D eigenvalue weighted by Crippen LogP contribution is 2.67. The van der Waals surface area contributed by atoms with Crippen molar-refractivity contribution in [2.45, 2.75) is 71.2 Å². The van der Waals surface area contributed by atoms with Gasteiger partial charge in [0.2, 0.25) is 5.91 Å². The quantitative estimate of drug-likeness (QED) is 0.739. The Morgan fingerprint density at radius 2 is 1.93 bits per heavy atom. The van der Waals surface area contributed by atoms with E-state index in [1.54, 1.807) is 0 Å². The van der Waals surface area contributed by atoms with E-state index in [2.05, 4.69) is 32.2 Å². The van der Waals surface area contributed by atoms with Crippen LogP contribution in [0.4, 0.5) is 0 Å². The highest BCUT2D eigenvalue weighted by molar-refractivity contribution is 5.79. The van der Waals surface area contributed by atoms with Gasteiger partial charge < -0.3 is 19.9 Å². The Bertz CT molecular complexity index is 684. The first-order chi connectivity index (χ1) is 12.8. The maximum absolute atomic E-state index is 11.9. The summed E-state index contributed by atoms with van der Waals surface area (Å²) in [7, 11) is 0. The Morgan fingerprint density at radius 1 is 1.19 bits per heavy atom. The average Bonchev–Trinajstić information content (AvgIpc) is 3.19. The molecule has 27 heavy (non-hydrogen) atoms. The van der Waals surface area contributed by atoms with Crippen LogP contribution in [0.3, 0.4) is 0 Å². The molecule has 4 unspecified atom stereocenters. The predicted molar refractivity (Wildman–Crippen MR) is 100 cm³/mol. The second kappa shape index (κ2) is 5.80. The minimum absolute atomic E-state index is 0.0410. The van der Waals surface area contributed by atoms with E-state index >= 15 is 0 Å². The van der Waals surface area contributed by atoms with Gasteiger partial charge in [0.15, 0.2) is 5.79 Å². The number of aliphatic hydroxyl groups excluding tert-OH is 1. The Balaban J connectivity index is 1.50. The van der Waals surface area contributed by atoms with E-state index in [-0.39, 0.29) is 28.8 Å². The molecule has 1 amide bonds. The zero-order chi connectivity index (χ0) is 19.0. The van der Waals surface area contributed by atoms with Crippen molar-refractivity contribution < 1.29 is 19.4 Å². The molecule has 2 aliphatic heterocycles. The first-order valence-electron chi connectivity index (χ1n) is 10.7. The van der Waals surface area contributed by atoms with E-state index in [4.69, 9.17) is 9.47 Å². The molecule has 0 aromatic heterocycles. The summed E-state index contributed by atoms with van der Waals surface area (Å²) in [5.41, 5.74) is 0.991. The first kappa shape index (κ1) is 18.1. The lowest BCUT2D eigenvalue weighted by Crippen LogP contribution is -2.59. The summed E-state index contributed by atoms with van der Waals surface area (Å²) >= 11 is 0. The fourth-order valence-electron chi connectivity index (χ4n) is 7.92. The maximum Gasteiger partial charge on any atom is 0.224 e. The van der Waals surface area contributed by atoms with Gasteiger partial charge in [0, 0.05) is 23.5 Å². The van der Waals surface area contributed by atoms with Gasteiger partial charge in [-0.2, -0.15) is 0 Å². The lowest BCUT2D eigenvalue weighted by molar-refractivity contribution is -0.223. The third-order valence-electron chi connectivity index (χ3n) is 9.04. The third kappa shape index (κ3) is 2.37. The number of amides is 1. The van der Waals surface area contributed by atoms with Crippen LogP contribution in [0.25, 0.3) is 0 Å². The van der Waals surface area contributed by atoms with Crippen molar-refractivity contribution >= 4 is 5.91 Å². The van der Waals surface area contributed by atoms with E-state index in [1.165, 1.54) is 6.42 Å². The van der Waals surface area contributed by atoms with Gasteiger partial charge in [0.1, 0.15) is 0 Å². The number of rotatable bonds is 1. The topological polar surface area (TPSA) is 67.8 Å². The molecule has 2 saturated heterocycles. The van der Waals surface area contributed by atoms with Gasteiger partial charge in [-0.1, -0.05) is 19.9 Å². The molecule has 5 rings (SSSR count). The summed E-state index contributed by atoms with van der Waals surface area (Å²) in [5, 5.41) is 14.5. The summed E-state index contributed by atoms with van der Waals surface area (Å²) in [6.45, 7) is 8.08. The molecule has 5 nitrogen and oxygen atoms in total. The molecule has 2 heterocycles. The lowest BCUT2D eigenvalue weighted by atomic mass is 9.48. The predicted octanol–water partition coefficient (Wildman–Crippen LogP) is 2.98. The minimum atomic E-state index is -0.506. The van der Waals surface area contributed by atoms with Gasteiger partial charge in [0.05, 0.1) is 19.3 Å². The van der Waals surface area contributed by atoms with Gasteiger partial charge in [-0.25, -0.2) is 0 Å². The largest absolute Gasteiger partial charge is 0.393 e. The molecule has 4 fully saturated rings. The monoisotopic (exact) mass is 375 g/mol. The molecule has 5 aliphatic rings. The molecular formula is C22H33NO4. The van der Waals surface area contributed by atoms with Crippen LogP contribution in [-0.4, -0.2) is 36.1 Å². The Morgan fingerprint density at radius 3 is 2.67 bits per heavy atom. The zero-order valence-electron chi connectivity index (χ0n) is 16.8. The summed E-state index contributed by atoms with van der Waals surface area (Å²) < 4.78 is 12.1. The van der Waals surface area contributed by atoms with Crippen molar-refractivity contribution in [2.75, 3.05) is 13.2 Å². The van der Waals surface area contributed by atoms with E-state index in [1.807, 2.05) is 0 Å². The van der Waals surface area contributed by atoms with Crippen molar-refractivity contribution in [3.8, 4) is 0 Å². The number of nitrogens with one attached hydrogen (secondary N) is 1. The van der Waals surface area contributed by atoms with E-state index < -0.39 is 5.79 Å². The van der Waals surface area contributed by atoms with Crippen molar-refractivity contribution in [1.82, 2.24) is 5.32 Å². The Hall–Kier alpha value is -0.910. The Labute approximate surface area is 161 Å². The van der Waals surface area contributed by atoms with Crippen molar-refractivity contribution in [1.29, 1.82) is 0 Å². The second-order valence-electron chi connectivity index (χ2n) is 10.2. The molecule has 0 aromatic rings. The summed E-state index contributed by atoms with van der Waals surface area (Å²) in [4.78, 5) is 11.9. The molecule has 0 radical (unpaired) electrons. The van der Waals surface area contributed by atoms with Gasteiger partial charge in [-0.3, -0.25) is 4.79 Å². The number of aliphatic hydroxyl groups is 1. The van der Waals surface area contributed by atoms with Gasteiger partial charge in [-0.05, 0) is 62.2 Å². The normalized spacial score (nSPS) is 51.0.